The molecule has 142 valence electrons. The van der Waals surface area contributed by atoms with Crippen molar-refractivity contribution in [2.75, 3.05) is 18.4 Å². The zero-order valence-electron chi connectivity index (χ0n) is 15.0. The number of carboxylic acids is 1. The van der Waals surface area contributed by atoms with Crippen molar-refractivity contribution in [2.24, 2.45) is 5.92 Å². The van der Waals surface area contributed by atoms with Crippen LogP contribution in [0, 0.1) is 5.92 Å². The fourth-order valence-electron chi connectivity index (χ4n) is 2.91. The number of carbonyl (C=O) groups is 3. The number of carbonyl (C=O) groups excluding carboxylic acids is 2. The number of aromatic nitrogens is 3. The summed E-state index contributed by atoms with van der Waals surface area (Å²) in [4.78, 5) is 37.2. The molecule has 2 aromatic rings. The maximum atomic E-state index is 12.5. The van der Waals surface area contributed by atoms with Crippen LogP contribution in [0.5, 0.6) is 0 Å². The Labute approximate surface area is 156 Å². The van der Waals surface area contributed by atoms with Gasteiger partial charge in [-0.25, -0.2) is 9.48 Å². The second-order valence-corrected chi connectivity index (χ2v) is 6.71. The number of aromatic carboxylic acids is 1. The Morgan fingerprint density at radius 3 is 2.44 bits per heavy atom. The smallest absolute Gasteiger partial charge is 0.358 e. The van der Waals surface area contributed by atoms with Gasteiger partial charge in [0.2, 0.25) is 5.91 Å². The van der Waals surface area contributed by atoms with Crippen LogP contribution >= 0.6 is 0 Å². The van der Waals surface area contributed by atoms with E-state index >= 15 is 0 Å². The molecule has 0 aliphatic carbocycles. The lowest BCUT2D eigenvalue weighted by Crippen LogP contribution is -2.37. The van der Waals surface area contributed by atoms with Crippen molar-refractivity contribution >= 4 is 23.5 Å². The number of carboxylic acid groups (broad SMARTS) is 1. The molecule has 2 amide bonds. The Morgan fingerprint density at radius 2 is 1.85 bits per heavy atom. The highest BCUT2D eigenvalue weighted by Gasteiger charge is 2.21. The quantitative estimate of drug-likeness (QED) is 0.822. The number of anilines is 1. The molecule has 0 saturated carbocycles. The summed E-state index contributed by atoms with van der Waals surface area (Å²) in [6.45, 7) is 3.58. The maximum absolute atomic E-state index is 12.5. The highest BCUT2D eigenvalue weighted by molar-refractivity contribution is 5.96. The first kappa shape index (κ1) is 18.6. The largest absolute Gasteiger partial charge is 0.476 e. The maximum Gasteiger partial charge on any atom is 0.358 e. The van der Waals surface area contributed by atoms with Gasteiger partial charge in [-0.15, -0.1) is 5.10 Å². The van der Waals surface area contributed by atoms with Gasteiger partial charge < -0.3 is 15.3 Å². The van der Waals surface area contributed by atoms with Crippen molar-refractivity contribution in [3.8, 4) is 0 Å². The normalized spacial score (nSPS) is 14.8. The van der Waals surface area contributed by atoms with Crippen molar-refractivity contribution in [1.29, 1.82) is 0 Å². The van der Waals surface area contributed by atoms with Gasteiger partial charge in [-0.1, -0.05) is 12.1 Å². The molecule has 0 bridgehead atoms. The number of nitrogens with one attached hydrogen (secondary N) is 1. The molecule has 2 N–H and O–H groups in total. The van der Waals surface area contributed by atoms with Crippen LogP contribution in [0.4, 0.5) is 5.69 Å². The van der Waals surface area contributed by atoms with E-state index in [2.05, 4.69) is 22.6 Å². The predicted molar refractivity (Wildman–Crippen MR) is 96.4 cm³/mol. The summed E-state index contributed by atoms with van der Waals surface area (Å²) < 4.78 is 1.15. The predicted octanol–water partition coefficient (Wildman–Crippen LogP) is 1.49. The number of benzene rings is 1. The van der Waals surface area contributed by atoms with Gasteiger partial charge >= 0.3 is 5.97 Å². The molecule has 1 aliphatic heterocycles. The Morgan fingerprint density at radius 1 is 1.19 bits per heavy atom. The van der Waals surface area contributed by atoms with Gasteiger partial charge in [-0.05, 0) is 43.0 Å². The molecule has 1 saturated heterocycles. The third kappa shape index (κ3) is 4.69. The summed E-state index contributed by atoms with van der Waals surface area (Å²) in [6.07, 6.45) is 3.22. The molecule has 0 spiro atoms. The van der Waals surface area contributed by atoms with E-state index in [-0.39, 0.29) is 24.1 Å². The van der Waals surface area contributed by atoms with E-state index in [1.807, 2.05) is 4.90 Å². The molecule has 0 atom stereocenters. The van der Waals surface area contributed by atoms with Crippen molar-refractivity contribution in [3.05, 3.63) is 41.7 Å². The Hall–Kier alpha value is -3.23. The standard InChI is InChI=1S/C18H21N5O4/c1-12-6-8-22(9-7-12)17(25)13-2-4-14(5-3-13)19-16(24)11-23-10-15(18(26)27)20-21-23/h2-5,10,12H,6-9,11H2,1H3,(H,19,24)(H,26,27). The number of rotatable bonds is 5. The Kier molecular flexibility index (Phi) is 5.49. The molecule has 1 aromatic carbocycles. The molecule has 1 aromatic heterocycles. The SMILES string of the molecule is CC1CCN(C(=O)c2ccc(NC(=O)Cn3cc(C(=O)O)nn3)cc2)CC1. The van der Waals surface area contributed by atoms with Crippen LogP contribution in [0.25, 0.3) is 0 Å². The van der Waals surface area contributed by atoms with Gasteiger partial charge in [0.15, 0.2) is 5.69 Å². The minimum Gasteiger partial charge on any atom is -0.476 e. The van der Waals surface area contributed by atoms with E-state index in [1.54, 1.807) is 24.3 Å². The second-order valence-electron chi connectivity index (χ2n) is 6.71. The van der Waals surface area contributed by atoms with Crippen LogP contribution < -0.4 is 5.32 Å². The van der Waals surface area contributed by atoms with E-state index < -0.39 is 5.97 Å². The fraction of sp³-hybridized carbons (Fsp3) is 0.389. The summed E-state index contributed by atoms with van der Waals surface area (Å²) >= 11 is 0. The molecule has 9 nitrogen and oxygen atoms in total. The molecule has 9 heteroatoms. The molecule has 0 unspecified atom stereocenters. The van der Waals surface area contributed by atoms with Gasteiger partial charge in [-0.2, -0.15) is 0 Å². The number of nitrogens with zero attached hydrogens (tertiary/aromatic N) is 4. The first-order valence-electron chi connectivity index (χ1n) is 8.75. The minimum absolute atomic E-state index is 0.00333. The lowest BCUT2D eigenvalue weighted by atomic mass is 9.98. The number of piperidine rings is 1. The summed E-state index contributed by atoms with van der Waals surface area (Å²) in [7, 11) is 0. The first-order valence-corrected chi connectivity index (χ1v) is 8.75. The zero-order valence-corrected chi connectivity index (χ0v) is 15.0. The van der Waals surface area contributed by atoms with E-state index in [0.717, 1.165) is 30.6 Å². The van der Waals surface area contributed by atoms with E-state index in [1.165, 1.54) is 6.20 Å². The third-order valence-corrected chi connectivity index (χ3v) is 4.55. The van der Waals surface area contributed by atoms with E-state index in [9.17, 15) is 14.4 Å². The molecule has 1 aliphatic rings. The monoisotopic (exact) mass is 371 g/mol. The van der Waals surface area contributed by atoms with Crippen molar-refractivity contribution in [2.45, 2.75) is 26.3 Å². The van der Waals surface area contributed by atoms with Crippen molar-refractivity contribution in [1.82, 2.24) is 19.9 Å². The zero-order chi connectivity index (χ0) is 19.4. The number of hydrogen-bond acceptors (Lipinski definition) is 5. The lowest BCUT2D eigenvalue weighted by Gasteiger charge is -2.30. The fourth-order valence-corrected chi connectivity index (χ4v) is 2.91. The number of likely N-dealkylation sites (tertiary alicyclic amines) is 1. The molecule has 2 heterocycles. The first-order chi connectivity index (χ1) is 12.9. The van der Waals surface area contributed by atoms with E-state index in [0.29, 0.717) is 17.2 Å². The third-order valence-electron chi connectivity index (χ3n) is 4.55. The highest BCUT2D eigenvalue weighted by atomic mass is 16.4. The topological polar surface area (TPSA) is 117 Å². The molecule has 0 radical (unpaired) electrons. The number of hydrogen-bond donors (Lipinski definition) is 2. The van der Waals surface area contributed by atoms with Crippen LogP contribution in [0.15, 0.2) is 30.5 Å². The van der Waals surface area contributed by atoms with Crippen molar-refractivity contribution < 1.29 is 19.5 Å². The van der Waals surface area contributed by atoms with Crippen LogP contribution in [0.3, 0.4) is 0 Å². The molecular formula is C18H21N5O4. The van der Waals surface area contributed by atoms with E-state index in [4.69, 9.17) is 5.11 Å². The van der Waals surface area contributed by atoms with Crippen molar-refractivity contribution in [3.63, 3.8) is 0 Å². The summed E-state index contributed by atoms with van der Waals surface area (Å²) in [5, 5.41) is 18.5. The summed E-state index contributed by atoms with van der Waals surface area (Å²) in [6, 6.07) is 6.71. The van der Waals surface area contributed by atoms with Gasteiger partial charge in [0, 0.05) is 24.3 Å². The van der Waals surface area contributed by atoms with Gasteiger partial charge in [-0.3, -0.25) is 9.59 Å². The molecular weight excluding hydrogens is 350 g/mol. The average Bonchev–Trinajstić information content (AvgIpc) is 3.11. The Bertz CT molecular complexity index is 838. The number of amides is 2. The molecule has 1 fully saturated rings. The van der Waals surface area contributed by atoms with Gasteiger partial charge in [0.25, 0.3) is 5.91 Å². The molecule has 27 heavy (non-hydrogen) atoms. The lowest BCUT2D eigenvalue weighted by molar-refractivity contribution is -0.116. The Balaban J connectivity index is 1.55. The van der Waals surface area contributed by atoms with Crippen LogP contribution in [0.2, 0.25) is 0 Å². The second kappa shape index (κ2) is 7.98. The molecule has 3 rings (SSSR count). The van der Waals surface area contributed by atoms with Gasteiger partial charge in [0.1, 0.15) is 6.54 Å². The summed E-state index contributed by atoms with van der Waals surface area (Å²) in [5.41, 5.74) is 0.907. The highest BCUT2D eigenvalue weighted by Crippen LogP contribution is 2.19. The van der Waals surface area contributed by atoms with Crippen LogP contribution in [-0.2, 0) is 11.3 Å². The van der Waals surface area contributed by atoms with Gasteiger partial charge in [0.05, 0.1) is 6.20 Å². The minimum atomic E-state index is -1.20. The van der Waals surface area contributed by atoms with Crippen LogP contribution in [-0.4, -0.2) is 55.9 Å². The summed E-state index contributed by atoms with van der Waals surface area (Å²) in [5.74, 6) is -0.919. The average molecular weight is 371 g/mol. The van der Waals surface area contributed by atoms with Crippen LogP contribution in [0.1, 0.15) is 40.6 Å².